The first-order valence-electron chi connectivity index (χ1n) is 13.0. The predicted molar refractivity (Wildman–Crippen MR) is 142 cm³/mol. The Bertz CT molecular complexity index is 1720. The molecule has 5 aliphatic heterocycles. The number of phosphoric acid groups is 2. The molecule has 3 saturated heterocycles. The number of guanidine groups is 1. The summed E-state index contributed by atoms with van der Waals surface area (Å²) in [5.41, 5.74) is 6.08. The van der Waals surface area contributed by atoms with Crippen LogP contribution in [0.4, 0.5) is 5.82 Å². The van der Waals surface area contributed by atoms with E-state index in [0.717, 1.165) is 17.6 Å². The number of nitrogen functional groups attached to an aromatic ring is 1. The molecule has 2 bridgehead atoms. The molecule has 5 aliphatic rings. The first kappa shape index (κ1) is 30.3. The smallest absolute Gasteiger partial charge is 0.387 e. The van der Waals surface area contributed by atoms with Crippen LogP contribution >= 0.6 is 15.6 Å². The van der Waals surface area contributed by atoms with Crippen LogP contribution in [0.15, 0.2) is 22.5 Å². The van der Waals surface area contributed by atoms with Gasteiger partial charge < -0.3 is 35.2 Å². The second-order valence-corrected chi connectivity index (χ2v) is 13.1. The fraction of sp³-hybridized carbons (Fsp3) is 0.550. The van der Waals surface area contributed by atoms with Crippen LogP contribution in [0, 0.1) is 5.41 Å². The number of aliphatic hydroxyl groups is 2. The quantitative estimate of drug-likeness (QED) is 0.154. The number of anilines is 1. The van der Waals surface area contributed by atoms with Crippen molar-refractivity contribution < 1.29 is 61.5 Å². The fourth-order valence-corrected chi connectivity index (χ4v) is 7.32. The minimum Gasteiger partial charge on any atom is -0.387 e. The maximum Gasteiger partial charge on any atom is 0.472 e. The number of ether oxygens (including phenoxy) is 2. The van der Waals surface area contributed by atoms with Crippen molar-refractivity contribution in [3.05, 3.63) is 18.2 Å². The number of hydrogen-bond acceptors (Lipinski definition) is 18. The van der Waals surface area contributed by atoms with E-state index in [9.17, 15) is 33.9 Å². The summed E-state index contributed by atoms with van der Waals surface area (Å²) in [5, 5.41) is 36.1. The third kappa shape index (κ3) is 5.35. The Hall–Kier alpha value is -3.31. The van der Waals surface area contributed by atoms with E-state index < -0.39 is 95.7 Å². The summed E-state index contributed by atoms with van der Waals surface area (Å²) in [6, 6.07) is -1.18. The molecule has 0 aromatic carbocycles. The highest BCUT2D eigenvalue weighted by atomic mass is 31.2. The standard InChI is InChI=1S/C20H24N10O13P2/c21-15-17-23-1-6(30(17)26-4-24-15)12-11(32)13-8(40-12)3-39-45(36,37)43-14-10(31)7(2-38-44(34,35)42-13)41-19(14)29-5-25-9-16(29)27-20(22)28-18(9)33/h1,4-5,7-14,19,31-32H,2-3H2,(H,34,35)(H,36,37)(H2,21,24,26)(H2,22,28,33)/t7-,8-,9?,10-,11+,12+,13-,14-,19-/m1/s1. The highest BCUT2D eigenvalue weighted by molar-refractivity contribution is 7.47. The van der Waals surface area contributed by atoms with Crippen molar-refractivity contribution >= 4 is 51.2 Å². The van der Waals surface area contributed by atoms with Gasteiger partial charge in [-0.25, -0.2) is 23.6 Å². The fourth-order valence-electron chi connectivity index (χ4n) is 5.42. The maximum absolute atomic E-state index is 13.2. The number of aliphatic hydroxyl groups excluding tert-OH is 2. The molecule has 23 nitrogen and oxygen atoms in total. The van der Waals surface area contributed by atoms with E-state index >= 15 is 0 Å². The van der Waals surface area contributed by atoms with E-state index in [0.29, 0.717) is 0 Å². The molecule has 3 fully saturated rings. The van der Waals surface area contributed by atoms with Gasteiger partial charge in [0.05, 0.1) is 31.4 Å². The van der Waals surface area contributed by atoms with Crippen LogP contribution in [-0.4, -0.2) is 131 Å². The summed E-state index contributed by atoms with van der Waals surface area (Å²) in [4.78, 5) is 50.5. The number of nitrogens with zero attached hydrogens (tertiary/aromatic N) is 7. The van der Waals surface area contributed by atoms with Crippen LogP contribution in [0.5, 0.6) is 0 Å². The van der Waals surface area contributed by atoms with Crippen molar-refractivity contribution in [3.63, 3.8) is 0 Å². The van der Waals surface area contributed by atoms with Gasteiger partial charge in [0.25, 0.3) is 5.91 Å². The van der Waals surface area contributed by atoms with Crippen molar-refractivity contribution in [1.29, 1.82) is 5.41 Å². The van der Waals surface area contributed by atoms with E-state index in [4.69, 9.17) is 38.7 Å². The molecule has 2 aromatic rings. The number of nitrogens with two attached hydrogens (primary N) is 1. The molecule has 11 atom stereocenters. The van der Waals surface area contributed by atoms with Crippen molar-refractivity contribution in [3.8, 4) is 0 Å². The average molecular weight is 674 g/mol. The number of aromatic nitrogens is 4. The largest absolute Gasteiger partial charge is 0.472 e. The summed E-state index contributed by atoms with van der Waals surface area (Å²) in [7, 11) is -10.2. The van der Waals surface area contributed by atoms with Crippen molar-refractivity contribution in [2.24, 2.45) is 9.98 Å². The Morgan fingerprint density at radius 3 is 2.49 bits per heavy atom. The molecule has 242 valence electrons. The highest BCUT2D eigenvalue weighted by Crippen LogP contribution is 2.53. The Labute approximate surface area is 250 Å². The minimum absolute atomic E-state index is 0.0164. The number of phosphoric ester groups is 2. The summed E-state index contributed by atoms with van der Waals surface area (Å²) >= 11 is 0. The molecule has 45 heavy (non-hydrogen) atoms. The number of carbonyl (C=O) groups excluding carboxylic acids is 1. The highest BCUT2D eigenvalue weighted by Gasteiger charge is 2.56. The molecule has 0 saturated carbocycles. The van der Waals surface area contributed by atoms with Crippen LogP contribution in [0.25, 0.3) is 5.65 Å². The second-order valence-electron chi connectivity index (χ2n) is 10.3. The van der Waals surface area contributed by atoms with Gasteiger partial charge in [-0.05, 0) is 0 Å². The number of nitrogens with one attached hydrogen (secondary N) is 2. The third-order valence-electron chi connectivity index (χ3n) is 7.45. The van der Waals surface area contributed by atoms with Gasteiger partial charge in [0, 0.05) is 0 Å². The summed E-state index contributed by atoms with van der Waals surface area (Å²) in [5.74, 6) is -1.28. The lowest BCUT2D eigenvalue weighted by atomic mass is 10.1. The van der Waals surface area contributed by atoms with Crippen molar-refractivity contribution in [2.45, 2.75) is 55.0 Å². The minimum atomic E-state index is -5.12. The molecule has 25 heteroatoms. The van der Waals surface area contributed by atoms with Gasteiger partial charge >= 0.3 is 15.6 Å². The van der Waals surface area contributed by atoms with Gasteiger partial charge in [0.15, 0.2) is 29.6 Å². The number of carbonyl (C=O) groups is 1. The van der Waals surface area contributed by atoms with Crippen LogP contribution in [0.3, 0.4) is 0 Å². The van der Waals surface area contributed by atoms with E-state index in [1.807, 2.05) is 0 Å². The van der Waals surface area contributed by atoms with E-state index in [2.05, 4.69) is 30.4 Å². The van der Waals surface area contributed by atoms with Crippen LogP contribution < -0.4 is 11.1 Å². The van der Waals surface area contributed by atoms with Gasteiger partial charge in [-0.3, -0.25) is 43.5 Å². The molecule has 0 aliphatic carbocycles. The molecule has 0 radical (unpaired) electrons. The Morgan fingerprint density at radius 2 is 1.73 bits per heavy atom. The molecule has 7 heterocycles. The lowest BCUT2D eigenvalue weighted by molar-refractivity contribution is -0.119. The number of hydrogen-bond donors (Lipinski definition) is 7. The molecule has 3 unspecified atom stereocenters. The number of fused-ring (bicyclic) bond motifs is 5. The molecule has 1 amide bonds. The Balaban J connectivity index is 1.17. The molecule has 2 aromatic heterocycles. The van der Waals surface area contributed by atoms with E-state index in [1.54, 1.807) is 0 Å². The molecular weight excluding hydrogens is 650 g/mol. The zero-order valence-electron chi connectivity index (χ0n) is 22.4. The van der Waals surface area contributed by atoms with Crippen molar-refractivity contribution in [2.75, 3.05) is 18.9 Å². The summed E-state index contributed by atoms with van der Waals surface area (Å²) in [6.45, 7) is -1.66. The average Bonchev–Trinajstić information content (AvgIpc) is 3.72. The lowest BCUT2D eigenvalue weighted by Gasteiger charge is -2.31. The molecule has 0 spiro atoms. The SMILES string of the molecule is N=C1N=C2C(N=CN2[C@@H]2O[C@@H]3COP(=O)(O)O[C@H]4[C@@H](O)[C@H](c5cnc6c(N)ncnn56)O[C@@H]4COP(=O)(O)O[C@@H]2[C@@H]3O)C(=O)N1. The molecule has 7 rings (SSSR count). The number of amides is 1. The number of aliphatic imine (C=N–C) groups is 2. The lowest BCUT2D eigenvalue weighted by Crippen LogP contribution is -2.53. The summed E-state index contributed by atoms with van der Waals surface area (Å²) < 4.78 is 59.9. The topological polar surface area (TPSA) is 320 Å². The Morgan fingerprint density at radius 1 is 1.02 bits per heavy atom. The molecular formula is C20H24N10O13P2. The van der Waals surface area contributed by atoms with Gasteiger partial charge in [-0.2, -0.15) is 10.1 Å². The number of amidine groups is 1. The van der Waals surface area contributed by atoms with Crippen LogP contribution in [-0.2, 0) is 41.5 Å². The first-order valence-corrected chi connectivity index (χ1v) is 16.0. The monoisotopic (exact) mass is 674 g/mol. The molecule has 8 N–H and O–H groups in total. The van der Waals surface area contributed by atoms with Gasteiger partial charge in [-0.1, -0.05) is 0 Å². The number of imidazole rings is 1. The Kier molecular flexibility index (Phi) is 7.35. The van der Waals surface area contributed by atoms with Gasteiger partial charge in [0.2, 0.25) is 5.96 Å². The van der Waals surface area contributed by atoms with Crippen LogP contribution in [0.2, 0.25) is 0 Å². The van der Waals surface area contributed by atoms with E-state index in [1.165, 1.54) is 10.7 Å². The van der Waals surface area contributed by atoms with Crippen LogP contribution in [0.1, 0.15) is 11.8 Å². The second kappa shape index (κ2) is 10.9. The van der Waals surface area contributed by atoms with E-state index in [-0.39, 0.29) is 23.0 Å². The zero-order valence-corrected chi connectivity index (χ0v) is 24.2. The first-order chi connectivity index (χ1) is 21.3. The zero-order chi connectivity index (χ0) is 31.8. The normalized spacial score (nSPS) is 42.0. The maximum atomic E-state index is 13.2. The van der Waals surface area contributed by atoms with Crippen molar-refractivity contribution in [1.82, 2.24) is 29.8 Å². The van der Waals surface area contributed by atoms with Gasteiger partial charge in [0.1, 0.15) is 49.1 Å². The number of rotatable bonds is 2. The summed E-state index contributed by atoms with van der Waals surface area (Å²) in [6.07, 6.45) is -9.13. The predicted octanol–water partition coefficient (Wildman–Crippen LogP) is -3.21. The third-order valence-corrected chi connectivity index (χ3v) is 9.42. The van der Waals surface area contributed by atoms with Gasteiger partial charge in [-0.15, -0.1) is 0 Å².